The maximum absolute atomic E-state index is 11.1. The molecule has 1 heterocycles. The number of pyridine rings is 1. The molecule has 0 fully saturated rings. The van der Waals surface area contributed by atoms with Gasteiger partial charge in [0.15, 0.2) is 0 Å². The highest BCUT2D eigenvalue weighted by molar-refractivity contribution is 8.04. The number of nitriles is 1. The van der Waals surface area contributed by atoms with E-state index in [1.54, 1.807) is 24.5 Å². The molecule has 0 atom stereocenters. The van der Waals surface area contributed by atoms with Crippen LogP contribution in [0.5, 0.6) is 0 Å². The number of hydrogen-bond acceptors (Lipinski definition) is 4. The van der Waals surface area contributed by atoms with Crippen molar-refractivity contribution >= 4 is 23.4 Å². The van der Waals surface area contributed by atoms with Crippen molar-refractivity contribution in [3.05, 3.63) is 24.5 Å². The number of thioether (sulfide) groups is 1. The Morgan fingerprint density at radius 2 is 2.31 bits per heavy atom. The monoisotopic (exact) mass is 193 g/mol. The van der Waals surface area contributed by atoms with E-state index in [0.29, 0.717) is 5.69 Å². The van der Waals surface area contributed by atoms with Gasteiger partial charge in [-0.1, -0.05) is 0 Å². The van der Waals surface area contributed by atoms with Crippen LogP contribution in [-0.2, 0) is 4.79 Å². The molecule has 0 aliphatic rings. The maximum Gasteiger partial charge on any atom is 0.235 e. The minimum atomic E-state index is -0.183. The highest BCUT2D eigenvalue weighted by Gasteiger charge is 2.00. The third-order valence-corrected chi connectivity index (χ3v) is 1.77. The molecular weight excluding hydrogens is 186 g/mol. The first-order chi connectivity index (χ1) is 6.33. The van der Waals surface area contributed by atoms with Gasteiger partial charge in [-0.3, -0.25) is 9.78 Å². The Kier molecular flexibility index (Phi) is 3.79. The number of hydrogen-bond donors (Lipinski definition) is 1. The van der Waals surface area contributed by atoms with Crippen LogP contribution in [0.25, 0.3) is 0 Å². The van der Waals surface area contributed by atoms with Gasteiger partial charge in [-0.15, -0.1) is 0 Å². The van der Waals surface area contributed by atoms with Crippen LogP contribution < -0.4 is 5.32 Å². The average molecular weight is 193 g/mol. The van der Waals surface area contributed by atoms with E-state index in [2.05, 4.69) is 10.3 Å². The summed E-state index contributed by atoms with van der Waals surface area (Å²) in [6.07, 6.45) is 3.18. The van der Waals surface area contributed by atoms with Gasteiger partial charge in [-0.2, -0.15) is 5.26 Å². The van der Waals surface area contributed by atoms with Gasteiger partial charge < -0.3 is 5.32 Å². The van der Waals surface area contributed by atoms with E-state index in [1.165, 1.54) is 0 Å². The van der Waals surface area contributed by atoms with E-state index in [-0.39, 0.29) is 11.7 Å². The van der Waals surface area contributed by atoms with Gasteiger partial charge in [-0.25, -0.2) is 0 Å². The van der Waals surface area contributed by atoms with Gasteiger partial charge in [0.2, 0.25) is 5.91 Å². The van der Waals surface area contributed by atoms with Crippen LogP contribution in [0.4, 0.5) is 5.69 Å². The molecule has 1 aromatic heterocycles. The first-order valence-electron chi connectivity index (χ1n) is 3.53. The van der Waals surface area contributed by atoms with Crippen LogP contribution in [0.2, 0.25) is 0 Å². The molecule has 13 heavy (non-hydrogen) atoms. The van der Waals surface area contributed by atoms with E-state index in [0.717, 1.165) is 11.8 Å². The average Bonchev–Trinajstić information content (AvgIpc) is 2.16. The van der Waals surface area contributed by atoms with Gasteiger partial charge in [0.25, 0.3) is 0 Å². The summed E-state index contributed by atoms with van der Waals surface area (Å²) < 4.78 is 0. The largest absolute Gasteiger partial charge is 0.325 e. The number of amides is 1. The lowest BCUT2D eigenvalue weighted by molar-refractivity contribution is -0.113. The fourth-order valence-electron chi connectivity index (χ4n) is 0.730. The summed E-state index contributed by atoms with van der Waals surface area (Å²) in [5, 5.41) is 12.7. The van der Waals surface area contributed by atoms with Crippen molar-refractivity contribution in [1.29, 1.82) is 5.26 Å². The Bertz CT molecular complexity index is 320. The Morgan fingerprint density at radius 3 is 2.92 bits per heavy atom. The highest BCUT2D eigenvalue weighted by Crippen LogP contribution is 2.04. The quantitative estimate of drug-likeness (QED) is 0.733. The summed E-state index contributed by atoms with van der Waals surface area (Å²) in [7, 11) is 0. The van der Waals surface area contributed by atoms with Crippen molar-refractivity contribution in [3.8, 4) is 5.40 Å². The molecule has 1 amide bonds. The first kappa shape index (κ1) is 9.55. The first-order valence-corrected chi connectivity index (χ1v) is 4.52. The second-order valence-corrected chi connectivity index (χ2v) is 2.92. The topological polar surface area (TPSA) is 65.8 Å². The predicted octanol–water partition coefficient (Wildman–Crippen LogP) is 1.23. The van der Waals surface area contributed by atoms with Gasteiger partial charge in [0, 0.05) is 18.1 Å². The molecule has 0 saturated heterocycles. The molecule has 1 N–H and O–H groups in total. The molecule has 0 unspecified atom stereocenters. The Hall–Kier alpha value is -1.54. The summed E-state index contributed by atoms with van der Waals surface area (Å²) in [5.74, 6) is -0.0310. The Labute approximate surface area is 80.0 Å². The lowest BCUT2D eigenvalue weighted by Gasteiger charge is -2.01. The van der Waals surface area contributed by atoms with Gasteiger partial charge in [-0.05, 0) is 23.9 Å². The third-order valence-electron chi connectivity index (χ3n) is 1.23. The van der Waals surface area contributed by atoms with E-state index in [4.69, 9.17) is 5.26 Å². The zero-order chi connectivity index (χ0) is 9.52. The van der Waals surface area contributed by atoms with Crippen molar-refractivity contribution in [2.24, 2.45) is 0 Å². The summed E-state index contributed by atoms with van der Waals surface area (Å²) in [6.45, 7) is 0. The smallest absolute Gasteiger partial charge is 0.235 e. The molecule has 1 aromatic rings. The summed E-state index contributed by atoms with van der Waals surface area (Å²) in [5.41, 5.74) is 0.693. The summed E-state index contributed by atoms with van der Waals surface area (Å²) >= 11 is 0.913. The number of rotatable bonds is 3. The van der Waals surface area contributed by atoms with Crippen LogP contribution in [0.1, 0.15) is 0 Å². The van der Waals surface area contributed by atoms with Crippen LogP contribution in [-0.4, -0.2) is 16.6 Å². The molecule has 66 valence electrons. The zero-order valence-corrected chi connectivity index (χ0v) is 7.54. The molecule has 0 saturated carbocycles. The fraction of sp³-hybridized carbons (Fsp3) is 0.125. The maximum atomic E-state index is 11.1. The highest BCUT2D eigenvalue weighted by atomic mass is 32.2. The predicted molar refractivity (Wildman–Crippen MR) is 50.9 cm³/mol. The second kappa shape index (κ2) is 5.17. The zero-order valence-electron chi connectivity index (χ0n) is 6.73. The summed E-state index contributed by atoms with van der Waals surface area (Å²) in [4.78, 5) is 14.9. The van der Waals surface area contributed by atoms with Gasteiger partial charge in [0.1, 0.15) is 5.40 Å². The molecule has 0 aromatic carbocycles. The van der Waals surface area contributed by atoms with Crippen molar-refractivity contribution in [2.45, 2.75) is 0 Å². The molecule has 0 radical (unpaired) electrons. The normalized spacial score (nSPS) is 8.85. The molecule has 0 aliphatic heterocycles. The lowest BCUT2D eigenvalue weighted by Crippen LogP contribution is -2.13. The number of nitrogens with zero attached hydrogens (tertiary/aromatic N) is 2. The van der Waals surface area contributed by atoms with Crippen LogP contribution in [0.15, 0.2) is 24.5 Å². The van der Waals surface area contributed by atoms with E-state index < -0.39 is 0 Å². The number of carbonyl (C=O) groups excluding carboxylic acids is 1. The van der Waals surface area contributed by atoms with Crippen LogP contribution >= 0.6 is 11.8 Å². The molecule has 1 rings (SSSR count). The van der Waals surface area contributed by atoms with Crippen molar-refractivity contribution in [2.75, 3.05) is 11.1 Å². The minimum Gasteiger partial charge on any atom is -0.325 e. The second-order valence-electron chi connectivity index (χ2n) is 2.16. The molecule has 4 nitrogen and oxygen atoms in total. The van der Waals surface area contributed by atoms with Gasteiger partial charge >= 0.3 is 0 Å². The van der Waals surface area contributed by atoms with Gasteiger partial charge in [0.05, 0.1) is 5.75 Å². The Balaban J connectivity index is 2.42. The molecule has 0 aliphatic carbocycles. The molecular formula is C8H7N3OS. The van der Waals surface area contributed by atoms with E-state index >= 15 is 0 Å². The minimum absolute atomic E-state index is 0.152. The standard InChI is InChI=1S/C8H7N3OS/c9-6-13-5-8(12)11-7-1-3-10-4-2-7/h1-4H,5H2,(H,10,11,12). The number of carbonyl (C=O) groups is 1. The number of thiocyanates is 1. The number of nitrogens with one attached hydrogen (secondary N) is 1. The van der Waals surface area contributed by atoms with Crippen molar-refractivity contribution in [3.63, 3.8) is 0 Å². The number of aromatic nitrogens is 1. The molecule has 0 bridgehead atoms. The van der Waals surface area contributed by atoms with Crippen molar-refractivity contribution in [1.82, 2.24) is 4.98 Å². The van der Waals surface area contributed by atoms with Crippen LogP contribution in [0, 0.1) is 10.7 Å². The Morgan fingerprint density at radius 1 is 1.62 bits per heavy atom. The van der Waals surface area contributed by atoms with Crippen molar-refractivity contribution < 1.29 is 4.79 Å². The summed E-state index contributed by atoms with van der Waals surface area (Å²) in [6, 6.07) is 3.38. The molecule has 0 spiro atoms. The SMILES string of the molecule is N#CSCC(=O)Nc1ccncc1. The molecule has 5 heteroatoms. The van der Waals surface area contributed by atoms with E-state index in [9.17, 15) is 4.79 Å². The van der Waals surface area contributed by atoms with E-state index in [1.807, 2.05) is 5.40 Å². The lowest BCUT2D eigenvalue weighted by atomic mass is 10.4. The number of anilines is 1. The third kappa shape index (κ3) is 3.58. The van der Waals surface area contributed by atoms with Crippen LogP contribution in [0.3, 0.4) is 0 Å². The fourth-order valence-corrected chi connectivity index (χ4v) is 0.998.